The Kier molecular flexibility index (Phi) is 7.49. The summed E-state index contributed by atoms with van der Waals surface area (Å²) in [5, 5.41) is 0.435. The lowest BCUT2D eigenvalue weighted by Gasteiger charge is -2.25. The van der Waals surface area contributed by atoms with E-state index in [2.05, 4.69) is 20.9 Å². The Balaban J connectivity index is 1.99. The Morgan fingerprint density at radius 2 is 1.94 bits per heavy atom. The van der Waals surface area contributed by atoms with Crippen LogP contribution >= 0.6 is 38.9 Å². The zero-order valence-corrected chi connectivity index (χ0v) is 22.6. The highest BCUT2D eigenvalue weighted by atomic mass is 79.9. The van der Waals surface area contributed by atoms with E-state index in [1.54, 1.807) is 58.4 Å². The highest BCUT2D eigenvalue weighted by Crippen LogP contribution is 2.35. The van der Waals surface area contributed by atoms with Crippen molar-refractivity contribution in [3.8, 4) is 11.5 Å². The molecule has 182 valence electrons. The zero-order valence-electron chi connectivity index (χ0n) is 19.4. The molecule has 35 heavy (non-hydrogen) atoms. The van der Waals surface area contributed by atoms with Gasteiger partial charge in [0.15, 0.2) is 4.80 Å². The van der Waals surface area contributed by atoms with Crippen molar-refractivity contribution < 1.29 is 19.0 Å². The third-order valence-electron chi connectivity index (χ3n) is 5.51. The van der Waals surface area contributed by atoms with Crippen LogP contribution in [0.3, 0.4) is 0 Å². The number of ether oxygens (including phenoxy) is 3. The summed E-state index contributed by atoms with van der Waals surface area (Å²) in [7, 11) is 3.11. The maximum Gasteiger partial charge on any atom is 0.338 e. The average molecular weight is 578 g/mol. The van der Waals surface area contributed by atoms with E-state index in [9.17, 15) is 9.59 Å². The molecule has 0 radical (unpaired) electrons. The lowest BCUT2D eigenvalue weighted by Crippen LogP contribution is -2.40. The minimum absolute atomic E-state index is 0.196. The minimum Gasteiger partial charge on any atom is -0.496 e. The third-order valence-corrected chi connectivity index (χ3v) is 7.45. The van der Waals surface area contributed by atoms with E-state index in [1.165, 1.54) is 15.9 Å². The van der Waals surface area contributed by atoms with Crippen molar-refractivity contribution >= 4 is 50.9 Å². The van der Waals surface area contributed by atoms with Gasteiger partial charge in [-0.25, -0.2) is 9.79 Å². The highest BCUT2D eigenvalue weighted by Gasteiger charge is 2.34. The van der Waals surface area contributed by atoms with Gasteiger partial charge in [-0.15, -0.1) is 0 Å². The van der Waals surface area contributed by atoms with Gasteiger partial charge in [-0.05, 0) is 53.5 Å². The molecule has 0 spiro atoms. The third kappa shape index (κ3) is 4.68. The number of hydrogen-bond acceptors (Lipinski definition) is 7. The fourth-order valence-corrected chi connectivity index (χ4v) is 5.72. The molecule has 7 nitrogen and oxygen atoms in total. The van der Waals surface area contributed by atoms with E-state index in [-0.39, 0.29) is 17.7 Å². The number of benzene rings is 2. The Morgan fingerprint density at radius 1 is 1.23 bits per heavy atom. The molecule has 1 aromatic heterocycles. The summed E-state index contributed by atoms with van der Waals surface area (Å²) in [6.07, 6.45) is 1.74. The predicted molar refractivity (Wildman–Crippen MR) is 139 cm³/mol. The van der Waals surface area contributed by atoms with Crippen molar-refractivity contribution in [2.45, 2.75) is 19.9 Å². The van der Waals surface area contributed by atoms with Crippen molar-refractivity contribution in [2.24, 2.45) is 4.99 Å². The second-order valence-corrected chi connectivity index (χ2v) is 9.82. The highest BCUT2D eigenvalue weighted by molar-refractivity contribution is 9.10. The first kappa shape index (κ1) is 25.2. The van der Waals surface area contributed by atoms with Crippen LogP contribution in [0.5, 0.6) is 11.5 Å². The van der Waals surface area contributed by atoms with Gasteiger partial charge in [0.25, 0.3) is 5.56 Å². The summed E-state index contributed by atoms with van der Waals surface area (Å²) < 4.78 is 18.8. The molecule has 0 amide bonds. The molecule has 1 atom stereocenters. The number of allylic oxidation sites excluding steroid dienone is 1. The summed E-state index contributed by atoms with van der Waals surface area (Å²) in [5.74, 6) is 0.615. The van der Waals surface area contributed by atoms with Crippen LogP contribution in [0.15, 0.2) is 61.9 Å². The normalized spacial score (nSPS) is 15.5. The topological polar surface area (TPSA) is 79.1 Å². The van der Waals surface area contributed by atoms with Gasteiger partial charge in [0, 0.05) is 16.7 Å². The molecule has 0 fully saturated rings. The first-order valence-electron chi connectivity index (χ1n) is 10.7. The van der Waals surface area contributed by atoms with Crippen LogP contribution in [-0.4, -0.2) is 31.4 Å². The average Bonchev–Trinajstić information content (AvgIpc) is 3.13. The first-order valence-corrected chi connectivity index (χ1v) is 12.6. The molecule has 1 aliphatic heterocycles. The minimum atomic E-state index is -0.773. The summed E-state index contributed by atoms with van der Waals surface area (Å²) in [5.41, 5.74) is 1.75. The molecule has 2 aromatic carbocycles. The van der Waals surface area contributed by atoms with E-state index in [1.807, 2.05) is 12.1 Å². The van der Waals surface area contributed by atoms with E-state index in [0.29, 0.717) is 47.2 Å². The molecular weight excluding hydrogens is 556 g/mol. The zero-order chi connectivity index (χ0) is 25.3. The van der Waals surface area contributed by atoms with Gasteiger partial charge in [-0.3, -0.25) is 9.36 Å². The van der Waals surface area contributed by atoms with Gasteiger partial charge >= 0.3 is 5.97 Å². The predicted octanol–water partition coefficient (Wildman–Crippen LogP) is 4.23. The number of carbonyl (C=O) groups excluding carboxylic acids is 1. The Bertz CT molecular complexity index is 1530. The second kappa shape index (κ2) is 10.4. The van der Waals surface area contributed by atoms with Crippen LogP contribution < -0.4 is 24.4 Å². The molecule has 0 N–H and O–H groups in total. The maximum absolute atomic E-state index is 13.7. The second-order valence-electron chi connectivity index (χ2n) is 7.55. The number of rotatable bonds is 6. The number of nitrogens with zero attached hydrogens (tertiary/aromatic N) is 2. The number of halogens is 2. The summed E-state index contributed by atoms with van der Waals surface area (Å²) in [6, 6.07) is 9.92. The van der Waals surface area contributed by atoms with E-state index >= 15 is 0 Å². The standard InChI is InChI=1S/C25H22BrClN2O5S/c1-5-34-24(31)21-13(2)28-25-29(22(21)15-8-6-7-9-17(15)27)23(30)20(35-25)11-14-10-16(26)19(33-4)12-18(14)32-3/h6-12,22H,5H2,1-4H3. The monoisotopic (exact) mass is 576 g/mol. The lowest BCUT2D eigenvalue weighted by atomic mass is 9.96. The fraction of sp³-hybridized carbons (Fsp3) is 0.240. The van der Waals surface area contributed by atoms with Gasteiger partial charge in [-0.1, -0.05) is 41.1 Å². The number of thiazole rings is 1. The van der Waals surface area contributed by atoms with Crippen molar-refractivity contribution in [1.29, 1.82) is 0 Å². The van der Waals surface area contributed by atoms with Crippen molar-refractivity contribution in [3.63, 3.8) is 0 Å². The van der Waals surface area contributed by atoms with Gasteiger partial charge in [0.2, 0.25) is 0 Å². The molecule has 10 heteroatoms. The number of methoxy groups -OCH3 is 2. The number of hydrogen-bond donors (Lipinski definition) is 0. The summed E-state index contributed by atoms with van der Waals surface area (Å²) in [4.78, 5) is 31.8. The van der Waals surface area contributed by atoms with E-state index in [4.69, 9.17) is 25.8 Å². The Morgan fingerprint density at radius 3 is 2.60 bits per heavy atom. The Labute approximate surface area is 219 Å². The summed E-state index contributed by atoms with van der Waals surface area (Å²) in [6.45, 7) is 3.66. The smallest absolute Gasteiger partial charge is 0.338 e. The quantitative estimate of drug-likeness (QED) is 0.410. The fourth-order valence-electron chi connectivity index (χ4n) is 3.92. The molecule has 0 saturated carbocycles. The molecule has 0 aliphatic carbocycles. The maximum atomic E-state index is 13.7. The SMILES string of the molecule is CCOC(=O)C1=C(C)N=c2sc(=Cc3cc(Br)c(OC)cc3OC)c(=O)n2C1c1ccccc1Cl. The molecule has 1 aliphatic rings. The van der Waals surface area contributed by atoms with Crippen molar-refractivity contribution in [2.75, 3.05) is 20.8 Å². The number of esters is 1. The molecule has 1 unspecified atom stereocenters. The van der Waals surface area contributed by atoms with Gasteiger partial charge in [-0.2, -0.15) is 0 Å². The molecule has 0 bridgehead atoms. The van der Waals surface area contributed by atoms with E-state index in [0.717, 1.165) is 0 Å². The number of carbonyl (C=O) groups is 1. The van der Waals surface area contributed by atoms with Crippen LogP contribution in [0.1, 0.15) is 31.0 Å². The van der Waals surface area contributed by atoms with Crippen LogP contribution in [0.2, 0.25) is 5.02 Å². The molecule has 2 heterocycles. The number of fused-ring (bicyclic) bond motifs is 1. The van der Waals surface area contributed by atoms with Crippen LogP contribution in [-0.2, 0) is 9.53 Å². The largest absolute Gasteiger partial charge is 0.496 e. The van der Waals surface area contributed by atoms with Crippen molar-refractivity contribution in [3.05, 3.63) is 88.0 Å². The van der Waals surface area contributed by atoms with Crippen LogP contribution in [0.4, 0.5) is 0 Å². The summed E-state index contributed by atoms with van der Waals surface area (Å²) >= 11 is 11.2. The lowest BCUT2D eigenvalue weighted by molar-refractivity contribution is -0.139. The van der Waals surface area contributed by atoms with Gasteiger partial charge in [0.1, 0.15) is 17.5 Å². The number of aromatic nitrogens is 1. The van der Waals surface area contributed by atoms with Crippen LogP contribution in [0.25, 0.3) is 6.08 Å². The Hall–Kier alpha value is -2.88. The van der Waals surface area contributed by atoms with Crippen molar-refractivity contribution in [1.82, 2.24) is 4.57 Å². The van der Waals surface area contributed by atoms with Crippen LogP contribution in [0, 0.1) is 0 Å². The molecule has 3 aromatic rings. The molecule has 0 saturated heterocycles. The van der Waals surface area contributed by atoms with Gasteiger partial charge in [0.05, 0.1) is 41.1 Å². The van der Waals surface area contributed by atoms with Gasteiger partial charge < -0.3 is 14.2 Å². The van der Waals surface area contributed by atoms with E-state index < -0.39 is 12.0 Å². The first-order chi connectivity index (χ1) is 16.8. The molecule has 4 rings (SSSR count). The molecular formula is C25H22BrClN2O5S.